The van der Waals surface area contributed by atoms with Crippen molar-refractivity contribution < 1.29 is 23.1 Å². The summed E-state index contributed by atoms with van der Waals surface area (Å²) in [5, 5.41) is 17.8. The number of benzene rings is 2. The molecule has 0 radical (unpaired) electrons. The molecule has 182 valence electrons. The highest BCUT2D eigenvalue weighted by Crippen LogP contribution is 2.29. The van der Waals surface area contributed by atoms with Crippen LogP contribution in [0.25, 0.3) is 16.7 Å². The van der Waals surface area contributed by atoms with Gasteiger partial charge in [-0.1, -0.05) is 11.2 Å². The summed E-state index contributed by atoms with van der Waals surface area (Å²) in [6.07, 6.45) is 1.50. The van der Waals surface area contributed by atoms with Gasteiger partial charge >= 0.3 is 0 Å². The van der Waals surface area contributed by atoms with E-state index in [4.69, 9.17) is 4.84 Å². The standard InChI is InChI=1S/C25H24F3N5O2/c1-14(25(2,3)34)30-24-29-13-16-12-20(21(32-35-4)15-8-10-17(26)11-9-15)33(23(16)31-24)22-18(27)6-5-7-19(22)28/h5-14,34H,1-4H3,(H,29,30,31)/b32-21+. The third kappa shape index (κ3) is 4.83. The van der Waals surface area contributed by atoms with E-state index in [1.165, 1.54) is 48.2 Å². The Morgan fingerprint density at radius 1 is 1.11 bits per heavy atom. The molecule has 0 spiro atoms. The second-order valence-corrected chi connectivity index (χ2v) is 8.56. The molecule has 2 aromatic heterocycles. The summed E-state index contributed by atoms with van der Waals surface area (Å²) in [5.74, 6) is -1.94. The summed E-state index contributed by atoms with van der Waals surface area (Å²) in [7, 11) is 1.33. The lowest BCUT2D eigenvalue weighted by Gasteiger charge is -2.26. The number of aliphatic hydroxyl groups is 1. The van der Waals surface area contributed by atoms with Gasteiger partial charge in [0.2, 0.25) is 5.95 Å². The number of rotatable bonds is 7. The van der Waals surface area contributed by atoms with Gasteiger partial charge in [-0.05, 0) is 63.2 Å². The van der Waals surface area contributed by atoms with Gasteiger partial charge < -0.3 is 15.3 Å². The number of hydrogen-bond acceptors (Lipinski definition) is 6. The van der Waals surface area contributed by atoms with Crippen LogP contribution in [0.15, 0.2) is 59.9 Å². The maximum absolute atomic E-state index is 15.0. The fourth-order valence-electron chi connectivity index (χ4n) is 3.48. The molecular formula is C25H24F3N5O2. The number of halogens is 3. The summed E-state index contributed by atoms with van der Waals surface area (Å²) in [6, 6.07) is 10.2. The maximum Gasteiger partial charge on any atom is 0.224 e. The second-order valence-electron chi connectivity index (χ2n) is 8.56. The first-order valence-electron chi connectivity index (χ1n) is 10.8. The Bertz CT molecular complexity index is 1370. The molecule has 0 aliphatic heterocycles. The summed E-state index contributed by atoms with van der Waals surface area (Å²) in [4.78, 5) is 13.8. The number of hydrogen-bond donors (Lipinski definition) is 2. The molecule has 2 N–H and O–H groups in total. The summed E-state index contributed by atoms with van der Waals surface area (Å²) < 4.78 is 44.9. The van der Waals surface area contributed by atoms with Gasteiger partial charge in [0.1, 0.15) is 36.0 Å². The predicted molar refractivity (Wildman–Crippen MR) is 127 cm³/mol. The highest BCUT2D eigenvalue weighted by atomic mass is 19.1. The van der Waals surface area contributed by atoms with Crippen LogP contribution >= 0.6 is 0 Å². The van der Waals surface area contributed by atoms with E-state index in [9.17, 15) is 9.50 Å². The molecule has 0 aliphatic carbocycles. The molecule has 0 aliphatic rings. The topological polar surface area (TPSA) is 84.6 Å². The van der Waals surface area contributed by atoms with Crippen molar-refractivity contribution in [3.63, 3.8) is 0 Å². The second kappa shape index (κ2) is 9.38. The van der Waals surface area contributed by atoms with Gasteiger partial charge in [0, 0.05) is 17.1 Å². The Balaban J connectivity index is 2.00. The molecule has 1 atom stereocenters. The monoisotopic (exact) mass is 483 g/mol. The maximum atomic E-state index is 15.0. The molecular weight excluding hydrogens is 459 g/mol. The molecule has 0 amide bonds. The minimum Gasteiger partial charge on any atom is -0.399 e. The Morgan fingerprint density at radius 2 is 1.77 bits per heavy atom. The molecule has 2 aromatic carbocycles. The molecule has 1 unspecified atom stereocenters. The SMILES string of the molecule is CO/N=C(\c1ccc(F)cc1)c1cc2cnc(NC(C)C(C)(C)O)nc2n1-c1c(F)cccc1F. The zero-order valence-corrected chi connectivity index (χ0v) is 19.6. The number of fused-ring (bicyclic) bond motifs is 1. The zero-order chi connectivity index (χ0) is 25.3. The zero-order valence-electron chi connectivity index (χ0n) is 19.6. The van der Waals surface area contributed by atoms with E-state index in [0.717, 1.165) is 12.1 Å². The van der Waals surface area contributed by atoms with Crippen LogP contribution in [0.1, 0.15) is 32.0 Å². The van der Waals surface area contributed by atoms with Crippen molar-refractivity contribution in [1.29, 1.82) is 0 Å². The van der Waals surface area contributed by atoms with Gasteiger partial charge in [0.25, 0.3) is 0 Å². The van der Waals surface area contributed by atoms with E-state index in [1.54, 1.807) is 26.8 Å². The number of aromatic nitrogens is 3. The van der Waals surface area contributed by atoms with Crippen molar-refractivity contribution in [3.05, 3.63) is 83.4 Å². The molecule has 7 nitrogen and oxygen atoms in total. The molecule has 0 saturated carbocycles. The molecule has 0 bridgehead atoms. The van der Waals surface area contributed by atoms with Gasteiger partial charge in [-0.3, -0.25) is 4.57 Å². The van der Waals surface area contributed by atoms with Gasteiger partial charge in [0.15, 0.2) is 5.65 Å². The largest absolute Gasteiger partial charge is 0.399 e. The lowest BCUT2D eigenvalue weighted by atomic mass is 10.0. The van der Waals surface area contributed by atoms with Crippen molar-refractivity contribution in [2.75, 3.05) is 12.4 Å². The van der Waals surface area contributed by atoms with E-state index in [1.807, 2.05) is 0 Å². The number of oxime groups is 1. The van der Waals surface area contributed by atoms with Crippen LogP contribution in [0.2, 0.25) is 0 Å². The van der Waals surface area contributed by atoms with Crippen LogP contribution in [0, 0.1) is 17.5 Å². The smallest absolute Gasteiger partial charge is 0.224 e. The predicted octanol–water partition coefficient (Wildman–Crippen LogP) is 4.81. The number of nitrogens with one attached hydrogen (secondary N) is 1. The lowest BCUT2D eigenvalue weighted by Crippen LogP contribution is -2.39. The van der Waals surface area contributed by atoms with E-state index in [2.05, 4.69) is 20.4 Å². The molecule has 10 heteroatoms. The fraction of sp³-hybridized carbons (Fsp3) is 0.240. The van der Waals surface area contributed by atoms with Crippen molar-refractivity contribution in [2.45, 2.75) is 32.4 Å². The van der Waals surface area contributed by atoms with Crippen LogP contribution in [0.4, 0.5) is 19.1 Å². The van der Waals surface area contributed by atoms with Crippen LogP contribution in [-0.2, 0) is 4.84 Å². The van der Waals surface area contributed by atoms with Crippen molar-refractivity contribution in [2.24, 2.45) is 5.16 Å². The Hall–Kier alpha value is -3.92. The molecule has 4 rings (SSSR count). The van der Waals surface area contributed by atoms with Gasteiger partial charge in [-0.25, -0.2) is 18.2 Å². The molecule has 4 aromatic rings. The van der Waals surface area contributed by atoms with Crippen molar-refractivity contribution in [1.82, 2.24) is 14.5 Å². The number of para-hydroxylation sites is 1. The van der Waals surface area contributed by atoms with Crippen LogP contribution in [-0.4, -0.2) is 44.1 Å². The van der Waals surface area contributed by atoms with Crippen LogP contribution in [0.5, 0.6) is 0 Å². The number of anilines is 1. The van der Waals surface area contributed by atoms with Crippen LogP contribution < -0.4 is 5.32 Å². The first kappa shape index (κ1) is 24.2. The minimum atomic E-state index is -1.08. The number of nitrogens with zero attached hydrogens (tertiary/aromatic N) is 4. The quantitative estimate of drug-likeness (QED) is 0.291. The fourth-order valence-corrected chi connectivity index (χ4v) is 3.48. The highest BCUT2D eigenvalue weighted by Gasteiger charge is 2.26. The lowest BCUT2D eigenvalue weighted by molar-refractivity contribution is 0.0646. The first-order chi connectivity index (χ1) is 16.6. The summed E-state index contributed by atoms with van der Waals surface area (Å²) >= 11 is 0. The van der Waals surface area contributed by atoms with Crippen LogP contribution in [0.3, 0.4) is 0 Å². The summed E-state index contributed by atoms with van der Waals surface area (Å²) in [6.45, 7) is 5.02. The molecule has 0 saturated heterocycles. The van der Waals surface area contributed by atoms with E-state index >= 15 is 8.78 Å². The van der Waals surface area contributed by atoms with Gasteiger partial charge in [-0.15, -0.1) is 0 Å². The molecule has 35 heavy (non-hydrogen) atoms. The molecule has 2 heterocycles. The Morgan fingerprint density at radius 3 is 2.37 bits per heavy atom. The average molecular weight is 483 g/mol. The van der Waals surface area contributed by atoms with Gasteiger partial charge in [-0.2, -0.15) is 4.98 Å². The van der Waals surface area contributed by atoms with Gasteiger partial charge in [0.05, 0.1) is 17.3 Å². The normalized spacial score (nSPS) is 13.2. The van der Waals surface area contributed by atoms with E-state index in [0.29, 0.717) is 10.9 Å². The third-order valence-electron chi connectivity index (χ3n) is 5.65. The molecule has 0 fully saturated rings. The summed E-state index contributed by atoms with van der Waals surface area (Å²) in [5.41, 5.74) is -0.355. The average Bonchev–Trinajstić information content (AvgIpc) is 3.16. The Labute approximate surface area is 199 Å². The van der Waals surface area contributed by atoms with Crippen molar-refractivity contribution in [3.8, 4) is 5.69 Å². The minimum absolute atomic E-state index is 0.154. The van der Waals surface area contributed by atoms with E-state index < -0.39 is 29.1 Å². The third-order valence-corrected chi connectivity index (χ3v) is 5.65. The highest BCUT2D eigenvalue weighted by molar-refractivity contribution is 6.14. The van der Waals surface area contributed by atoms with Crippen molar-refractivity contribution >= 4 is 22.7 Å². The van der Waals surface area contributed by atoms with E-state index in [-0.39, 0.29) is 28.7 Å². The first-order valence-corrected chi connectivity index (χ1v) is 10.8. The Kier molecular flexibility index (Phi) is 6.49.